The smallest absolute Gasteiger partial charge is 0.475 e. The number of carbonyl (C=O) groups excluding carboxylic acids is 1. The third-order valence-electron chi connectivity index (χ3n) is 6.08. The molecule has 176 valence electrons. The van der Waals surface area contributed by atoms with Gasteiger partial charge in [0.15, 0.2) is 0 Å². The number of aromatic nitrogens is 1. The van der Waals surface area contributed by atoms with Gasteiger partial charge < -0.3 is 20.1 Å². The average Bonchev–Trinajstić information content (AvgIpc) is 3.17. The minimum Gasteiger partial charge on any atom is -0.475 e. The van der Waals surface area contributed by atoms with Crippen molar-refractivity contribution in [1.29, 1.82) is 0 Å². The van der Waals surface area contributed by atoms with Crippen molar-refractivity contribution in [3.63, 3.8) is 0 Å². The van der Waals surface area contributed by atoms with Crippen LogP contribution in [0.1, 0.15) is 38.5 Å². The Bertz CT molecular complexity index is 823. The van der Waals surface area contributed by atoms with Crippen LogP contribution in [0.3, 0.4) is 0 Å². The number of amides is 1. The quantitative estimate of drug-likeness (QED) is 0.705. The van der Waals surface area contributed by atoms with Crippen LogP contribution in [0, 0.1) is 5.92 Å². The summed E-state index contributed by atoms with van der Waals surface area (Å²) in [6.07, 6.45) is 5.37. The number of carboxylic acid groups (broad SMARTS) is 1. The van der Waals surface area contributed by atoms with E-state index in [1.807, 2.05) is 23.1 Å². The second-order valence-electron chi connectivity index (χ2n) is 8.27. The van der Waals surface area contributed by atoms with Gasteiger partial charge in [0.05, 0.1) is 13.1 Å². The van der Waals surface area contributed by atoms with Crippen LogP contribution in [0.2, 0.25) is 0 Å². The van der Waals surface area contributed by atoms with E-state index in [0.29, 0.717) is 5.92 Å². The topological polar surface area (TPSA) is 91.8 Å². The zero-order chi connectivity index (χ0) is 23.2. The fourth-order valence-corrected chi connectivity index (χ4v) is 4.36. The van der Waals surface area contributed by atoms with Crippen molar-refractivity contribution in [2.45, 2.75) is 50.3 Å². The fourth-order valence-electron chi connectivity index (χ4n) is 4.36. The van der Waals surface area contributed by atoms with E-state index in [1.165, 1.54) is 6.42 Å². The van der Waals surface area contributed by atoms with Gasteiger partial charge in [-0.2, -0.15) is 13.2 Å². The molecular weight excluding hydrogens is 427 g/mol. The Morgan fingerprint density at radius 1 is 1.28 bits per heavy atom. The van der Waals surface area contributed by atoms with Crippen LogP contribution in [-0.2, 0) is 14.3 Å². The highest BCUT2D eigenvalue weighted by atomic mass is 19.4. The van der Waals surface area contributed by atoms with E-state index in [0.717, 1.165) is 69.7 Å². The van der Waals surface area contributed by atoms with Gasteiger partial charge in [0.2, 0.25) is 5.91 Å². The Labute approximate surface area is 184 Å². The summed E-state index contributed by atoms with van der Waals surface area (Å²) in [5.74, 6) is -1.07. The molecule has 0 radical (unpaired) electrons. The van der Waals surface area contributed by atoms with E-state index in [4.69, 9.17) is 14.6 Å². The molecule has 1 atom stereocenters. The lowest BCUT2D eigenvalue weighted by Gasteiger charge is -2.50. The number of hydrogen-bond acceptors (Lipinski definition) is 5. The van der Waals surface area contributed by atoms with Crippen molar-refractivity contribution >= 4 is 17.7 Å². The number of halogens is 3. The molecule has 1 aromatic heterocycles. The largest absolute Gasteiger partial charge is 0.490 e. The molecule has 1 aromatic rings. The molecule has 1 aliphatic carbocycles. The number of allylic oxidation sites excluding steroid dienone is 1. The Balaban J connectivity index is 0.000000360. The predicted octanol–water partition coefficient (Wildman–Crippen LogP) is 3.63. The van der Waals surface area contributed by atoms with Crippen molar-refractivity contribution in [1.82, 2.24) is 9.88 Å². The number of alkyl halides is 3. The van der Waals surface area contributed by atoms with Crippen LogP contribution >= 0.6 is 0 Å². The van der Waals surface area contributed by atoms with Gasteiger partial charge in [0.25, 0.3) is 0 Å². The molecule has 2 saturated heterocycles. The first kappa shape index (κ1) is 24.0. The first-order valence-electron chi connectivity index (χ1n) is 10.8. The van der Waals surface area contributed by atoms with Gasteiger partial charge in [0.1, 0.15) is 11.4 Å². The molecule has 1 unspecified atom stereocenters. The van der Waals surface area contributed by atoms with Crippen molar-refractivity contribution in [2.24, 2.45) is 5.92 Å². The van der Waals surface area contributed by atoms with Crippen LogP contribution in [0.4, 0.5) is 19.0 Å². The first-order chi connectivity index (χ1) is 15.2. The molecule has 3 heterocycles. The lowest BCUT2D eigenvalue weighted by atomic mass is 9.78. The lowest BCUT2D eigenvalue weighted by Crippen LogP contribution is -2.66. The third-order valence-corrected chi connectivity index (χ3v) is 6.08. The molecular formula is C22H28F3N3O4. The minimum absolute atomic E-state index is 0.101. The Morgan fingerprint density at radius 2 is 2.03 bits per heavy atom. The molecule has 2 N–H and O–H groups in total. The standard InChI is InChI=1S/C20H27N3O2.C2HF3O2/c24-19(16-6-2-1-3-7-16)23-14-20(15-23)17(10-13-25-20)9-12-22-18-8-4-5-11-21-18;3-2(4,5)1(6)7/h4-6,8,11,17H,1-3,7,9-10,12-15H2,(H,21,22);(H,6,7). The van der Waals surface area contributed by atoms with Crippen LogP contribution < -0.4 is 5.32 Å². The summed E-state index contributed by atoms with van der Waals surface area (Å²) >= 11 is 0. The highest BCUT2D eigenvalue weighted by Crippen LogP contribution is 2.42. The molecule has 1 amide bonds. The molecule has 0 saturated carbocycles. The number of ether oxygens (including phenoxy) is 1. The van der Waals surface area contributed by atoms with E-state index in [1.54, 1.807) is 6.20 Å². The summed E-state index contributed by atoms with van der Waals surface area (Å²) in [4.78, 5) is 27.8. The van der Waals surface area contributed by atoms with Crippen LogP contribution in [0.5, 0.6) is 0 Å². The van der Waals surface area contributed by atoms with E-state index < -0.39 is 12.1 Å². The number of nitrogens with zero attached hydrogens (tertiary/aromatic N) is 2. The highest BCUT2D eigenvalue weighted by molar-refractivity contribution is 5.94. The first-order valence-corrected chi connectivity index (χ1v) is 10.8. The number of pyridine rings is 1. The third kappa shape index (κ3) is 5.99. The number of carbonyl (C=O) groups is 2. The van der Waals surface area contributed by atoms with Crippen LogP contribution in [-0.4, -0.2) is 64.9 Å². The molecule has 10 heteroatoms. The number of rotatable bonds is 5. The molecule has 0 aromatic carbocycles. The number of hydrogen-bond donors (Lipinski definition) is 2. The number of likely N-dealkylation sites (tertiary alicyclic amines) is 1. The second-order valence-corrected chi connectivity index (χ2v) is 8.27. The summed E-state index contributed by atoms with van der Waals surface area (Å²) in [7, 11) is 0. The molecule has 1 spiro atoms. The SMILES string of the molecule is O=C(C1=CCCCC1)N1CC2(C1)OCCC2CCNc1ccccn1.O=C(O)C(F)(F)F. The zero-order valence-corrected chi connectivity index (χ0v) is 17.7. The van der Waals surface area contributed by atoms with E-state index >= 15 is 0 Å². The maximum atomic E-state index is 12.6. The Hall–Kier alpha value is -2.62. The zero-order valence-electron chi connectivity index (χ0n) is 17.7. The van der Waals surface area contributed by atoms with Gasteiger partial charge in [-0.05, 0) is 56.6 Å². The normalized spacial score (nSPS) is 21.8. The van der Waals surface area contributed by atoms with Gasteiger partial charge in [-0.3, -0.25) is 4.79 Å². The summed E-state index contributed by atoms with van der Waals surface area (Å²) in [6.45, 7) is 3.24. The fraction of sp³-hybridized carbons (Fsp3) is 0.591. The van der Waals surface area contributed by atoms with E-state index in [2.05, 4.69) is 16.4 Å². The molecule has 3 aliphatic rings. The maximum Gasteiger partial charge on any atom is 0.490 e. The van der Waals surface area contributed by atoms with Gasteiger partial charge >= 0.3 is 12.1 Å². The van der Waals surface area contributed by atoms with Gasteiger partial charge in [-0.15, -0.1) is 0 Å². The van der Waals surface area contributed by atoms with Crippen molar-refractivity contribution in [3.05, 3.63) is 36.0 Å². The molecule has 2 fully saturated rings. The van der Waals surface area contributed by atoms with Gasteiger partial charge in [-0.25, -0.2) is 9.78 Å². The predicted molar refractivity (Wildman–Crippen MR) is 111 cm³/mol. The monoisotopic (exact) mass is 455 g/mol. The van der Waals surface area contributed by atoms with Gasteiger partial charge in [-0.1, -0.05) is 12.1 Å². The van der Waals surface area contributed by atoms with E-state index in [-0.39, 0.29) is 11.5 Å². The number of anilines is 1. The summed E-state index contributed by atoms with van der Waals surface area (Å²) in [6, 6.07) is 5.90. The Morgan fingerprint density at radius 3 is 2.62 bits per heavy atom. The van der Waals surface area contributed by atoms with Crippen molar-refractivity contribution in [2.75, 3.05) is 31.6 Å². The van der Waals surface area contributed by atoms with Gasteiger partial charge in [0, 0.05) is 24.9 Å². The highest BCUT2D eigenvalue weighted by Gasteiger charge is 2.54. The maximum absolute atomic E-state index is 12.6. The molecule has 4 rings (SSSR count). The molecule has 0 bridgehead atoms. The molecule has 32 heavy (non-hydrogen) atoms. The minimum atomic E-state index is -5.08. The van der Waals surface area contributed by atoms with Crippen molar-refractivity contribution in [3.8, 4) is 0 Å². The van der Waals surface area contributed by atoms with Crippen LogP contribution in [0.15, 0.2) is 36.0 Å². The summed E-state index contributed by atoms with van der Waals surface area (Å²) in [5.41, 5.74) is 0.920. The summed E-state index contributed by atoms with van der Waals surface area (Å²) < 4.78 is 37.8. The number of carboxylic acids is 1. The average molecular weight is 455 g/mol. The van der Waals surface area contributed by atoms with Crippen LogP contribution in [0.25, 0.3) is 0 Å². The number of aliphatic carboxylic acids is 1. The lowest BCUT2D eigenvalue weighted by molar-refractivity contribution is -0.192. The molecule has 2 aliphatic heterocycles. The second kappa shape index (κ2) is 10.3. The Kier molecular flexibility index (Phi) is 7.76. The molecule has 7 nitrogen and oxygen atoms in total. The van der Waals surface area contributed by atoms with Crippen molar-refractivity contribution < 1.29 is 32.6 Å². The summed E-state index contributed by atoms with van der Waals surface area (Å²) in [5, 5.41) is 10.5. The van der Waals surface area contributed by atoms with E-state index in [9.17, 15) is 18.0 Å². The number of nitrogens with one attached hydrogen (secondary N) is 1.